The third-order valence-corrected chi connectivity index (χ3v) is 7.31. The maximum Gasteiger partial charge on any atom is 0.180 e. The van der Waals surface area contributed by atoms with Crippen molar-refractivity contribution in [3.05, 3.63) is 36.2 Å². The molecule has 0 unspecified atom stereocenters. The van der Waals surface area contributed by atoms with Crippen molar-refractivity contribution >= 4 is 15.7 Å². The highest BCUT2D eigenvalue weighted by molar-refractivity contribution is 7.91. The highest BCUT2D eigenvalue weighted by Crippen LogP contribution is 2.25. The molecule has 0 amide bonds. The zero-order valence-electron chi connectivity index (χ0n) is 16.3. The van der Waals surface area contributed by atoms with Crippen molar-refractivity contribution in [3.8, 4) is 11.5 Å². The quantitative estimate of drug-likeness (QED) is 0.773. The van der Waals surface area contributed by atoms with E-state index in [-0.39, 0.29) is 0 Å². The molecule has 0 N–H and O–H groups in total. The summed E-state index contributed by atoms with van der Waals surface area (Å²) in [4.78, 5) is 18.5. The molecule has 0 aliphatic carbocycles. The summed E-state index contributed by atoms with van der Waals surface area (Å²) in [6, 6.07) is 8.34. The Morgan fingerprint density at radius 2 is 1.82 bits per heavy atom. The van der Waals surface area contributed by atoms with Crippen LogP contribution in [0.1, 0.15) is 25.5 Å². The van der Waals surface area contributed by atoms with Gasteiger partial charge < -0.3 is 4.90 Å². The van der Waals surface area contributed by atoms with Gasteiger partial charge in [-0.3, -0.25) is 9.88 Å². The fourth-order valence-electron chi connectivity index (χ4n) is 3.99. The van der Waals surface area contributed by atoms with Gasteiger partial charge in [0, 0.05) is 50.2 Å². The largest absolute Gasteiger partial charge is 0.356 e. The molecule has 28 heavy (non-hydrogen) atoms. The van der Waals surface area contributed by atoms with Crippen molar-refractivity contribution in [2.45, 2.75) is 32.2 Å². The number of aromatic nitrogens is 3. The number of aryl methyl sites for hydroxylation is 1. The van der Waals surface area contributed by atoms with Crippen molar-refractivity contribution in [1.29, 1.82) is 0 Å². The Bertz CT molecular complexity index is 897. The molecule has 7 nitrogen and oxygen atoms in total. The second kappa shape index (κ2) is 8.13. The molecule has 4 rings (SSSR count). The summed E-state index contributed by atoms with van der Waals surface area (Å²) in [5.41, 5.74) is 1.82. The van der Waals surface area contributed by atoms with Crippen molar-refractivity contribution in [2.24, 2.45) is 0 Å². The SMILES string of the molecule is CCc1cc(N2CCC(N3CCS(=O)(=O)CC3)CC2)nc(-c2ccccn2)n1. The minimum atomic E-state index is -2.82. The number of rotatable bonds is 4. The van der Waals surface area contributed by atoms with Gasteiger partial charge >= 0.3 is 0 Å². The molecule has 2 saturated heterocycles. The highest BCUT2D eigenvalue weighted by atomic mass is 32.2. The van der Waals surface area contributed by atoms with Crippen LogP contribution < -0.4 is 4.90 Å². The van der Waals surface area contributed by atoms with Crippen LogP contribution in [0.15, 0.2) is 30.5 Å². The number of piperidine rings is 1. The van der Waals surface area contributed by atoms with Crippen LogP contribution >= 0.6 is 0 Å². The molecule has 2 fully saturated rings. The minimum Gasteiger partial charge on any atom is -0.356 e. The summed E-state index contributed by atoms with van der Waals surface area (Å²) in [6.45, 7) is 5.30. The first-order chi connectivity index (χ1) is 13.5. The maximum atomic E-state index is 11.7. The normalized spacial score (nSPS) is 21.0. The predicted molar refractivity (Wildman–Crippen MR) is 110 cm³/mol. The average molecular weight is 402 g/mol. The molecule has 0 saturated carbocycles. The lowest BCUT2D eigenvalue weighted by Crippen LogP contribution is -2.50. The van der Waals surface area contributed by atoms with Crippen molar-refractivity contribution in [2.75, 3.05) is 42.6 Å². The van der Waals surface area contributed by atoms with Gasteiger partial charge in [-0.15, -0.1) is 0 Å². The summed E-state index contributed by atoms with van der Waals surface area (Å²) in [7, 11) is -2.82. The first-order valence-electron chi connectivity index (χ1n) is 10.0. The minimum absolute atomic E-state index is 0.298. The van der Waals surface area contributed by atoms with Gasteiger partial charge in [0.25, 0.3) is 0 Å². The van der Waals surface area contributed by atoms with Gasteiger partial charge in [-0.2, -0.15) is 0 Å². The molecule has 2 aliphatic heterocycles. The highest BCUT2D eigenvalue weighted by Gasteiger charge is 2.30. The number of sulfone groups is 1. The van der Waals surface area contributed by atoms with E-state index in [4.69, 9.17) is 4.98 Å². The number of hydrogen-bond acceptors (Lipinski definition) is 7. The van der Waals surface area contributed by atoms with E-state index in [2.05, 4.69) is 32.8 Å². The van der Waals surface area contributed by atoms with Gasteiger partial charge in [-0.05, 0) is 31.4 Å². The first kappa shape index (κ1) is 19.3. The van der Waals surface area contributed by atoms with Crippen LogP contribution in [-0.4, -0.2) is 72.0 Å². The van der Waals surface area contributed by atoms with E-state index in [1.165, 1.54) is 0 Å². The Morgan fingerprint density at radius 1 is 1.07 bits per heavy atom. The number of pyridine rings is 1. The van der Waals surface area contributed by atoms with E-state index in [9.17, 15) is 8.42 Å². The van der Waals surface area contributed by atoms with Gasteiger partial charge in [0.2, 0.25) is 0 Å². The number of anilines is 1. The summed E-state index contributed by atoms with van der Waals surface area (Å²) < 4.78 is 23.3. The van der Waals surface area contributed by atoms with Gasteiger partial charge in [0.15, 0.2) is 15.7 Å². The molecular formula is C20H27N5O2S. The molecule has 0 atom stereocenters. The van der Waals surface area contributed by atoms with Gasteiger partial charge in [0.1, 0.15) is 11.5 Å². The summed E-state index contributed by atoms with van der Waals surface area (Å²) in [5, 5.41) is 0. The molecular weight excluding hydrogens is 374 g/mol. The lowest BCUT2D eigenvalue weighted by atomic mass is 10.0. The van der Waals surface area contributed by atoms with E-state index >= 15 is 0 Å². The van der Waals surface area contributed by atoms with Crippen LogP contribution in [0, 0.1) is 0 Å². The van der Waals surface area contributed by atoms with Crippen LogP contribution in [0.4, 0.5) is 5.82 Å². The fourth-order valence-corrected chi connectivity index (χ4v) is 5.22. The van der Waals surface area contributed by atoms with Crippen LogP contribution in [0.2, 0.25) is 0 Å². The third kappa shape index (κ3) is 4.33. The summed E-state index contributed by atoms with van der Waals surface area (Å²) in [5.74, 6) is 2.24. The Morgan fingerprint density at radius 3 is 2.46 bits per heavy atom. The Labute approximate surface area is 166 Å². The van der Waals surface area contributed by atoms with E-state index < -0.39 is 9.84 Å². The maximum absolute atomic E-state index is 11.7. The van der Waals surface area contributed by atoms with Crippen LogP contribution in [0.3, 0.4) is 0 Å². The molecule has 0 aromatic carbocycles. The molecule has 0 radical (unpaired) electrons. The third-order valence-electron chi connectivity index (χ3n) is 5.71. The van der Waals surface area contributed by atoms with Crippen molar-refractivity contribution < 1.29 is 8.42 Å². The first-order valence-corrected chi connectivity index (χ1v) is 11.8. The Hall–Kier alpha value is -2.06. The Kier molecular flexibility index (Phi) is 5.59. The lowest BCUT2D eigenvalue weighted by molar-refractivity contribution is 0.182. The molecule has 2 aliphatic rings. The van der Waals surface area contributed by atoms with Crippen LogP contribution in [0.25, 0.3) is 11.5 Å². The lowest BCUT2D eigenvalue weighted by Gasteiger charge is -2.40. The smallest absolute Gasteiger partial charge is 0.180 e. The topological polar surface area (TPSA) is 79.3 Å². The molecule has 150 valence electrons. The van der Waals surface area contributed by atoms with E-state index in [1.54, 1.807) is 6.20 Å². The van der Waals surface area contributed by atoms with Crippen molar-refractivity contribution in [1.82, 2.24) is 19.9 Å². The Balaban J connectivity index is 1.46. The van der Waals surface area contributed by atoms with Crippen LogP contribution in [-0.2, 0) is 16.3 Å². The molecule has 0 spiro atoms. The fraction of sp³-hybridized carbons (Fsp3) is 0.550. The molecule has 4 heterocycles. The number of hydrogen-bond donors (Lipinski definition) is 0. The predicted octanol–water partition coefficient (Wildman–Crippen LogP) is 1.80. The van der Waals surface area contributed by atoms with Crippen molar-refractivity contribution in [3.63, 3.8) is 0 Å². The second-order valence-corrected chi connectivity index (χ2v) is 9.82. The van der Waals surface area contributed by atoms with Gasteiger partial charge in [-0.25, -0.2) is 18.4 Å². The van der Waals surface area contributed by atoms with E-state index in [0.717, 1.165) is 49.6 Å². The average Bonchev–Trinajstić information content (AvgIpc) is 2.74. The van der Waals surface area contributed by atoms with E-state index in [0.29, 0.717) is 36.5 Å². The monoisotopic (exact) mass is 401 g/mol. The molecule has 8 heteroatoms. The second-order valence-electron chi connectivity index (χ2n) is 7.52. The molecule has 0 bridgehead atoms. The van der Waals surface area contributed by atoms with E-state index in [1.807, 2.05) is 18.2 Å². The number of nitrogens with zero attached hydrogens (tertiary/aromatic N) is 5. The van der Waals surface area contributed by atoms with Crippen LogP contribution in [0.5, 0.6) is 0 Å². The van der Waals surface area contributed by atoms with Gasteiger partial charge in [0.05, 0.1) is 11.5 Å². The molecule has 2 aromatic heterocycles. The summed E-state index contributed by atoms with van der Waals surface area (Å²) in [6.07, 6.45) is 4.68. The standard InChI is InChI=1S/C20H27N5O2S/c1-2-16-15-19(23-20(22-16)18-5-3-4-8-21-18)25-9-6-17(7-10-25)24-11-13-28(26,27)14-12-24/h3-5,8,15,17H,2,6-7,9-14H2,1H3. The zero-order chi connectivity index (χ0) is 19.6. The molecule has 2 aromatic rings. The van der Waals surface area contributed by atoms with Gasteiger partial charge in [-0.1, -0.05) is 13.0 Å². The zero-order valence-corrected chi connectivity index (χ0v) is 17.1. The summed E-state index contributed by atoms with van der Waals surface area (Å²) >= 11 is 0.